The fourth-order valence-electron chi connectivity index (χ4n) is 2.93. The summed E-state index contributed by atoms with van der Waals surface area (Å²) in [5.74, 6) is 0.585. The largest absolute Gasteiger partial charge is 0.496 e. The van der Waals surface area contributed by atoms with E-state index in [0.717, 1.165) is 36.1 Å². The van der Waals surface area contributed by atoms with Gasteiger partial charge in [0.2, 0.25) is 5.91 Å². The average Bonchev–Trinajstić information content (AvgIpc) is 3.38. The van der Waals surface area contributed by atoms with Crippen molar-refractivity contribution in [2.75, 3.05) is 13.7 Å². The number of nitrogens with one attached hydrogen (secondary N) is 1. The molecular formula is C19H20FNO2. The quantitative estimate of drug-likeness (QED) is 0.889. The van der Waals surface area contributed by atoms with Crippen molar-refractivity contribution in [1.82, 2.24) is 5.32 Å². The molecule has 120 valence electrons. The maximum atomic E-state index is 13.0. The molecule has 1 amide bonds. The van der Waals surface area contributed by atoms with E-state index in [4.69, 9.17) is 4.74 Å². The van der Waals surface area contributed by atoms with Gasteiger partial charge in [0.1, 0.15) is 11.6 Å². The Morgan fingerprint density at radius 1 is 1.17 bits per heavy atom. The molecule has 3 nitrogen and oxygen atoms in total. The van der Waals surface area contributed by atoms with Crippen LogP contribution in [0, 0.1) is 5.82 Å². The summed E-state index contributed by atoms with van der Waals surface area (Å²) < 4.78 is 18.4. The van der Waals surface area contributed by atoms with Crippen LogP contribution >= 0.6 is 0 Å². The second-order valence-electron chi connectivity index (χ2n) is 5.91. The Labute approximate surface area is 135 Å². The number of carbonyl (C=O) groups excluding carboxylic acids is 1. The maximum Gasteiger partial charge on any atom is 0.230 e. The van der Waals surface area contributed by atoms with E-state index in [1.807, 2.05) is 24.3 Å². The summed E-state index contributed by atoms with van der Waals surface area (Å²) in [4.78, 5) is 12.5. The van der Waals surface area contributed by atoms with Crippen molar-refractivity contribution in [3.63, 3.8) is 0 Å². The van der Waals surface area contributed by atoms with Crippen molar-refractivity contribution < 1.29 is 13.9 Å². The van der Waals surface area contributed by atoms with Crippen LogP contribution < -0.4 is 10.1 Å². The first-order valence-electron chi connectivity index (χ1n) is 7.82. The minimum Gasteiger partial charge on any atom is -0.496 e. The van der Waals surface area contributed by atoms with Gasteiger partial charge in [-0.3, -0.25) is 4.79 Å². The molecule has 0 unspecified atom stereocenters. The first kappa shape index (κ1) is 15.5. The van der Waals surface area contributed by atoms with E-state index < -0.39 is 5.41 Å². The molecule has 0 aromatic heterocycles. The van der Waals surface area contributed by atoms with E-state index in [1.54, 1.807) is 19.2 Å². The lowest BCUT2D eigenvalue weighted by Crippen LogP contribution is -2.36. The highest BCUT2D eigenvalue weighted by molar-refractivity contribution is 5.91. The van der Waals surface area contributed by atoms with Crippen LogP contribution in [0.25, 0.3) is 0 Å². The predicted molar refractivity (Wildman–Crippen MR) is 87.0 cm³/mol. The topological polar surface area (TPSA) is 38.3 Å². The lowest BCUT2D eigenvalue weighted by molar-refractivity contribution is -0.123. The van der Waals surface area contributed by atoms with E-state index in [9.17, 15) is 9.18 Å². The van der Waals surface area contributed by atoms with Crippen molar-refractivity contribution in [3.8, 4) is 5.75 Å². The molecule has 1 saturated carbocycles. The van der Waals surface area contributed by atoms with Crippen LogP contribution in [-0.2, 0) is 16.6 Å². The molecule has 4 heteroatoms. The molecule has 0 aliphatic heterocycles. The molecule has 23 heavy (non-hydrogen) atoms. The Balaban J connectivity index is 1.60. The Morgan fingerprint density at radius 3 is 2.52 bits per heavy atom. The summed E-state index contributed by atoms with van der Waals surface area (Å²) in [6.07, 6.45) is 2.35. The maximum absolute atomic E-state index is 13.0. The summed E-state index contributed by atoms with van der Waals surface area (Å²) in [7, 11) is 1.64. The monoisotopic (exact) mass is 313 g/mol. The highest BCUT2D eigenvalue weighted by Crippen LogP contribution is 2.48. The third-order valence-corrected chi connectivity index (χ3v) is 4.45. The molecule has 0 atom stereocenters. The van der Waals surface area contributed by atoms with Crippen molar-refractivity contribution in [2.45, 2.75) is 24.7 Å². The van der Waals surface area contributed by atoms with Gasteiger partial charge in [0.15, 0.2) is 0 Å². The van der Waals surface area contributed by atoms with Crippen molar-refractivity contribution in [2.24, 2.45) is 0 Å². The first-order chi connectivity index (χ1) is 11.2. The van der Waals surface area contributed by atoms with Crippen molar-refractivity contribution in [3.05, 3.63) is 65.5 Å². The van der Waals surface area contributed by atoms with Gasteiger partial charge in [0.05, 0.1) is 12.5 Å². The molecule has 3 rings (SSSR count). The molecule has 0 radical (unpaired) electrons. The van der Waals surface area contributed by atoms with E-state index in [-0.39, 0.29) is 11.7 Å². The molecule has 2 aromatic rings. The van der Waals surface area contributed by atoms with Crippen LogP contribution in [0.4, 0.5) is 4.39 Å². The van der Waals surface area contributed by atoms with Gasteiger partial charge in [-0.05, 0) is 48.6 Å². The number of methoxy groups -OCH3 is 1. The van der Waals surface area contributed by atoms with E-state index in [1.165, 1.54) is 12.1 Å². The molecule has 1 aliphatic rings. The van der Waals surface area contributed by atoms with E-state index in [0.29, 0.717) is 6.54 Å². The van der Waals surface area contributed by atoms with Gasteiger partial charge in [-0.1, -0.05) is 30.3 Å². The second-order valence-corrected chi connectivity index (χ2v) is 5.91. The van der Waals surface area contributed by atoms with Crippen LogP contribution in [0.2, 0.25) is 0 Å². The van der Waals surface area contributed by atoms with Gasteiger partial charge >= 0.3 is 0 Å². The van der Waals surface area contributed by atoms with E-state index in [2.05, 4.69) is 5.32 Å². The fourth-order valence-corrected chi connectivity index (χ4v) is 2.93. The zero-order chi connectivity index (χ0) is 16.3. The highest BCUT2D eigenvalue weighted by Gasteiger charge is 2.50. The lowest BCUT2D eigenvalue weighted by atomic mass is 9.95. The van der Waals surface area contributed by atoms with Crippen molar-refractivity contribution >= 4 is 5.91 Å². The SMILES string of the molecule is COc1ccccc1CCNC(=O)C1(c2ccc(F)cc2)CC1. The van der Waals surface area contributed by atoms with Crippen molar-refractivity contribution in [1.29, 1.82) is 0 Å². The number of benzene rings is 2. The van der Waals surface area contributed by atoms with Gasteiger partial charge in [-0.2, -0.15) is 0 Å². The van der Waals surface area contributed by atoms with Crippen LogP contribution in [0.15, 0.2) is 48.5 Å². The first-order valence-corrected chi connectivity index (χ1v) is 7.82. The number of hydrogen-bond donors (Lipinski definition) is 1. The molecule has 0 bridgehead atoms. The number of amides is 1. The van der Waals surface area contributed by atoms with Crippen LogP contribution in [0.1, 0.15) is 24.0 Å². The molecule has 0 heterocycles. The Kier molecular flexibility index (Phi) is 4.33. The molecule has 1 aliphatic carbocycles. The third-order valence-electron chi connectivity index (χ3n) is 4.45. The number of hydrogen-bond acceptors (Lipinski definition) is 2. The Bertz CT molecular complexity index is 693. The standard InChI is InChI=1S/C19H20FNO2/c1-23-17-5-3-2-4-14(17)10-13-21-18(22)19(11-12-19)15-6-8-16(20)9-7-15/h2-9H,10-13H2,1H3,(H,21,22). The van der Waals surface area contributed by atoms with Gasteiger partial charge in [0.25, 0.3) is 0 Å². The molecule has 0 saturated heterocycles. The summed E-state index contributed by atoms with van der Waals surface area (Å²) in [5, 5.41) is 3.01. The molecule has 1 fully saturated rings. The zero-order valence-corrected chi connectivity index (χ0v) is 13.1. The molecule has 2 aromatic carbocycles. The van der Waals surface area contributed by atoms with Crippen LogP contribution in [0.3, 0.4) is 0 Å². The third kappa shape index (κ3) is 3.21. The molecular weight excluding hydrogens is 293 g/mol. The van der Waals surface area contributed by atoms with Crippen LogP contribution in [0.5, 0.6) is 5.75 Å². The van der Waals surface area contributed by atoms with Crippen LogP contribution in [-0.4, -0.2) is 19.6 Å². The number of para-hydroxylation sites is 1. The predicted octanol–water partition coefficient (Wildman–Crippen LogP) is 3.22. The zero-order valence-electron chi connectivity index (χ0n) is 13.1. The van der Waals surface area contributed by atoms with Gasteiger partial charge in [-0.15, -0.1) is 0 Å². The smallest absolute Gasteiger partial charge is 0.230 e. The van der Waals surface area contributed by atoms with Gasteiger partial charge < -0.3 is 10.1 Å². The summed E-state index contributed by atoms with van der Waals surface area (Å²) in [6.45, 7) is 0.558. The minimum atomic E-state index is -0.464. The summed E-state index contributed by atoms with van der Waals surface area (Å²) >= 11 is 0. The number of rotatable bonds is 6. The number of carbonyl (C=O) groups is 1. The normalized spacial score (nSPS) is 15.0. The minimum absolute atomic E-state index is 0.0269. The molecule has 1 N–H and O–H groups in total. The number of halogens is 1. The average molecular weight is 313 g/mol. The number of ether oxygens (including phenoxy) is 1. The van der Waals surface area contributed by atoms with E-state index >= 15 is 0 Å². The Hall–Kier alpha value is -2.36. The molecule has 0 spiro atoms. The second kappa shape index (κ2) is 6.41. The van der Waals surface area contributed by atoms with Gasteiger partial charge in [-0.25, -0.2) is 4.39 Å². The van der Waals surface area contributed by atoms with Gasteiger partial charge in [0, 0.05) is 6.54 Å². The Morgan fingerprint density at radius 2 is 1.87 bits per heavy atom. The summed E-state index contributed by atoms with van der Waals surface area (Å²) in [6, 6.07) is 14.0. The lowest BCUT2D eigenvalue weighted by Gasteiger charge is -2.16. The fraction of sp³-hybridized carbons (Fsp3) is 0.316. The summed E-state index contributed by atoms with van der Waals surface area (Å²) in [5.41, 5.74) is 1.50. The highest BCUT2D eigenvalue weighted by atomic mass is 19.1.